The third kappa shape index (κ3) is 4.53. The number of piperazine rings is 1. The van der Waals surface area contributed by atoms with E-state index >= 15 is 0 Å². The van der Waals surface area contributed by atoms with Crippen molar-refractivity contribution in [3.63, 3.8) is 0 Å². The number of halogens is 1. The minimum Gasteiger partial charge on any atom is -0.339 e. The molecule has 0 aliphatic carbocycles. The number of nitrogens with one attached hydrogen (secondary N) is 1. The first-order valence-corrected chi connectivity index (χ1v) is 8.35. The molecule has 0 aromatic heterocycles. The summed E-state index contributed by atoms with van der Waals surface area (Å²) < 4.78 is 1.08. The second-order valence-corrected chi connectivity index (χ2v) is 6.44. The van der Waals surface area contributed by atoms with E-state index < -0.39 is 0 Å². The monoisotopic (exact) mass is 353 g/mol. The number of hydrogen-bond acceptors (Lipinski definition) is 3. The van der Waals surface area contributed by atoms with Gasteiger partial charge in [-0.1, -0.05) is 35.0 Å². The summed E-state index contributed by atoms with van der Waals surface area (Å²) in [7, 11) is 2.04. The van der Waals surface area contributed by atoms with Crippen LogP contribution in [0.4, 0.5) is 0 Å². The van der Waals surface area contributed by atoms with Gasteiger partial charge in [0.05, 0.1) is 6.54 Å². The summed E-state index contributed by atoms with van der Waals surface area (Å²) in [4.78, 5) is 16.5. The zero-order chi connectivity index (χ0) is 15.2. The molecule has 116 valence electrons. The smallest absolute Gasteiger partial charge is 0.236 e. The number of likely N-dealkylation sites (N-methyl/N-ethyl adjacent to an activating group) is 1. The molecule has 0 radical (unpaired) electrons. The topological polar surface area (TPSA) is 35.6 Å². The molecule has 1 saturated heterocycles. The van der Waals surface area contributed by atoms with Crippen LogP contribution in [0.5, 0.6) is 0 Å². The third-order valence-electron chi connectivity index (χ3n) is 4.01. The van der Waals surface area contributed by atoms with Gasteiger partial charge in [0, 0.05) is 36.7 Å². The fourth-order valence-electron chi connectivity index (χ4n) is 2.85. The van der Waals surface area contributed by atoms with E-state index in [0.29, 0.717) is 6.54 Å². The van der Waals surface area contributed by atoms with Gasteiger partial charge in [-0.05, 0) is 31.2 Å². The standard InChI is InChI=1S/C16H24BrN3O/c1-3-15(13-5-4-6-14(17)11-13)19(2)12-16(21)20-9-7-18-8-10-20/h4-6,11,15,18H,3,7-10,12H2,1-2H3. The largest absolute Gasteiger partial charge is 0.339 e. The van der Waals surface area contributed by atoms with Gasteiger partial charge in [-0.25, -0.2) is 0 Å². The average molecular weight is 354 g/mol. The lowest BCUT2D eigenvalue weighted by atomic mass is 10.0. The first-order valence-electron chi connectivity index (χ1n) is 7.56. The van der Waals surface area contributed by atoms with Crippen LogP contribution in [0.25, 0.3) is 0 Å². The number of carbonyl (C=O) groups is 1. The van der Waals surface area contributed by atoms with Crippen molar-refractivity contribution in [3.8, 4) is 0 Å². The Bertz CT molecular complexity index is 474. The van der Waals surface area contributed by atoms with Gasteiger partial charge in [0.1, 0.15) is 0 Å². The minimum atomic E-state index is 0.229. The summed E-state index contributed by atoms with van der Waals surface area (Å²) in [6, 6.07) is 8.62. The Morgan fingerprint density at radius 2 is 2.14 bits per heavy atom. The van der Waals surface area contributed by atoms with Crippen molar-refractivity contribution in [2.24, 2.45) is 0 Å². The quantitative estimate of drug-likeness (QED) is 0.881. The summed E-state index contributed by atoms with van der Waals surface area (Å²) in [5, 5.41) is 3.28. The number of rotatable bonds is 5. The number of amides is 1. The lowest BCUT2D eigenvalue weighted by Crippen LogP contribution is -2.49. The molecule has 1 unspecified atom stereocenters. The van der Waals surface area contributed by atoms with Crippen LogP contribution < -0.4 is 5.32 Å². The van der Waals surface area contributed by atoms with Crippen LogP contribution in [-0.4, -0.2) is 55.5 Å². The van der Waals surface area contributed by atoms with Gasteiger partial charge in [-0.3, -0.25) is 9.69 Å². The van der Waals surface area contributed by atoms with E-state index in [1.165, 1.54) is 5.56 Å². The Morgan fingerprint density at radius 1 is 1.43 bits per heavy atom. The molecule has 1 aliphatic heterocycles. The summed E-state index contributed by atoms with van der Waals surface area (Å²) in [5.41, 5.74) is 1.25. The zero-order valence-electron chi connectivity index (χ0n) is 12.8. The van der Waals surface area contributed by atoms with E-state index in [9.17, 15) is 4.79 Å². The third-order valence-corrected chi connectivity index (χ3v) is 4.50. The van der Waals surface area contributed by atoms with Crippen LogP contribution in [0.1, 0.15) is 24.9 Å². The maximum absolute atomic E-state index is 12.4. The Labute approximate surface area is 135 Å². The highest BCUT2D eigenvalue weighted by molar-refractivity contribution is 9.10. The SMILES string of the molecule is CCC(c1cccc(Br)c1)N(C)CC(=O)N1CCNCC1. The molecular formula is C16H24BrN3O. The van der Waals surface area contributed by atoms with Gasteiger partial charge in [-0.2, -0.15) is 0 Å². The van der Waals surface area contributed by atoms with Crippen LogP contribution >= 0.6 is 15.9 Å². The fraction of sp³-hybridized carbons (Fsp3) is 0.562. The molecule has 0 saturated carbocycles. The van der Waals surface area contributed by atoms with E-state index in [2.05, 4.69) is 45.2 Å². The van der Waals surface area contributed by atoms with Crippen molar-refractivity contribution in [2.45, 2.75) is 19.4 Å². The summed E-state index contributed by atoms with van der Waals surface area (Å²) >= 11 is 3.52. The molecule has 1 heterocycles. The lowest BCUT2D eigenvalue weighted by Gasteiger charge is -2.32. The first kappa shape index (κ1) is 16.5. The van der Waals surface area contributed by atoms with Crippen molar-refractivity contribution in [3.05, 3.63) is 34.3 Å². The normalized spacial score (nSPS) is 17.0. The molecule has 1 amide bonds. The highest BCUT2D eigenvalue weighted by Crippen LogP contribution is 2.25. The van der Waals surface area contributed by atoms with E-state index in [0.717, 1.165) is 37.1 Å². The predicted octanol–water partition coefficient (Wildman–Crippen LogP) is 2.26. The van der Waals surface area contributed by atoms with Crippen LogP contribution in [-0.2, 0) is 4.79 Å². The van der Waals surface area contributed by atoms with Crippen LogP contribution in [0.15, 0.2) is 28.7 Å². The number of carbonyl (C=O) groups excluding carboxylic acids is 1. The number of hydrogen-bond donors (Lipinski definition) is 1. The van der Waals surface area contributed by atoms with E-state index in [1.54, 1.807) is 0 Å². The molecule has 1 aromatic rings. The molecule has 1 atom stereocenters. The van der Waals surface area contributed by atoms with E-state index in [4.69, 9.17) is 0 Å². The van der Waals surface area contributed by atoms with Gasteiger partial charge in [0.15, 0.2) is 0 Å². The predicted molar refractivity (Wildman–Crippen MR) is 89.3 cm³/mol. The fourth-order valence-corrected chi connectivity index (χ4v) is 3.27. The number of benzene rings is 1. The molecule has 0 spiro atoms. The van der Waals surface area contributed by atoms with Crippen molar-refractivity contribution >= 4 is 21.8 Å². The Kier molecular flexibility index (Phi) is 6.21. The zero-order valence-corrected chi connectivity index (χ0v) is 14.4. The van der Waals surface area contributed by atoms with E-state index in [1.807, 2.05) is 24.1 Å². The first-order chi connectivity index (χ1) is 10.1. The number of nitrogens with zero attached hydrogens (tertiary/aromatic N) is 2. The van der Waals surface area contributed by atoms with Gasteiger partial charge in [-0.15, -0.1) is 0 Å². The molecular weight excluding hydrogens is 330 g/mol. The van der Waals surface area contributed by atoms with Crippen molar-refractivity contribution in [1.29, 1.82) is 0 Å². The molecule has 4 nitrogen and oxygen atoms in total. The molecule has 21 heavy (non-hydrogen) atoms. The molecule has 2 rings (SSSR count). The van der Waals surface area contributed by atoms with Crippen LogP contribution in [0, 0.1) is 0 Å². The Hall–Kier alpha value is -0.910. The highest BCUT2D eigenvalue weighted by atomic mass is 79.9. The maximum atomic E-state index is 12.4. The van der Waals surface area contributed by atoms with Crippen LogP contribution in [0.2, 0.25) is 0 Å². The summed E-state index contributed by atoms with van der Waals surface area (Å²) in [6.45, 7) is 6.08. The van der Waals surface area contributed by atoms with Gasteiger partial charge < -0.3 is 10.2 Å². The van der Waals surface area contributed by atoms with Gasteiger partial charge >= 0.3 is 0 Å². The van der Waals surface area contributed by atoms with E-state index in [-0.39, 0.29) is 11.9 Å². The van der Waals surface area contributed by atoms with Gasteiger partial charge in [0.2, 0.25) is 5.91 Å². The molecule has 1 fully saturated rings. The highest BCUT2D eigenvalue weighted by Gasteiger charge is 2.22. The maximum Gasteiger partial charge on any atom is 0.236 e. The Morgan fingerprint density at radius 3 is 2.76 bits per heavy atom. The van der Waals surface area contributed by atoms with Crippen molar-refractivity contribution < 1.29 is 4.79 Å². The summed E-state index contributed by atoms with van der Waals surface area (Å²) in [6.07, 6.45) is 0.988. The van der Waals surface area contributed by atoms with Gasteiger partial charge in [0.25, 0.3) is 0 Å². The molecule has 1 N–H and O–H groups in total. The second-order valence-electron chi connectivity index (χ2n) is 5.52. The molecule has 1 aromatic carbocycles. The average Bonchev–Trinajstić information content (AvgIpc) is 2.49. The second kappa shape index (κ2) is 7.92. The Balaban J connectivity index is 1.99. The van der Waals surface area contributed by atoms with Crippen molar-refractivity contribution in [2.75, 3.05) is 39.8 Å². The molecule has 0 bridgehead atoms. The minimum absolute atomic E-state index is 0.229. The molecule has 5 heteroatoms. The lowest BCUT2D eigenvalue weighted by molar-refractivity contribution is -0.133. The summed E-state index contributed by atoms with van der Waals surface area (Å²) in [5.74, 6) is 0.229. The van der Waals surface area contributed by atoms with Crippen molar-refractivity contribution in [1.82, 2.24) is 15.1 Å². The van der Waals surface area contributed by atoms with Crippen LogP contribution in [0.3, 0.4) is 0 Å². The molecule has 1 aliphatic rings.